The number of thioether (sulfide) groups is 1. The lowest BCUT2D eigenvalue weighted by Gasteiger charge is -2.21. The fraction of sp³-hybridized carbons (Fsp3) is 0.727. The van der Waals surface area contributed by atoms with Crippen molar-refractivity contribution in [2.45, 2.75) is 45.4 Å². The number of carbonyl (C=O) groups is 2. The topological polar surface area (TPSA) is 88.0 Å². The molecule has 1 aliphatic rings. The van der Waals surface area contributed by atoms with E-state index >= 15 is 0 Å². The summed E-state index contributed by atoms with van der Waals surface area (Å²) in [6.07, 6.45) is -0.530. The third-order valence-corrected chi connectivity index (χ3v) is 3.30. The first-order chi connectivity index (χ1) is 8.19. The minimum absolute atomic E-state index is 0.339. The molecule has 2 unspecified atom stereocenters. The van der Waals surface area contributed by atoms with E-state index in [-0.39, 0.29) is 6.04 Å². The molecule has 1 heterocycles. The minimum atomic E-state index is -0.943. The van der Waals surface area contributed by atoms with Crippen LogP contribution in [0.4, 0.5) is 4.79 Å². The van der Waals surface area contributed by atoms with E-state index in [1.54, 1.807) is 27.7 Å². The first kappa shape index (κ1) is 14.8. The van der Waals surface area contributed by atoms with Gasteiger partial charge in [-0.05, 0) is 27.7 Å². The Labute approximate surface area is 110 Å². The van der Waals surface area contributed by atoms with Crippen LogP contribution in [-0.2, 0) is 9.53 Å². The van der Waals surface area contributed by atoms with Gasteiger partial charge in [-0.15, -0.1) is 11.8 Å². The van der Waals surface area contributed by atoms with Crippen LogP contribution in [-0.4, -0.2) is 45.7 Å². The number of carbonyl (C=O) groups excluding carboxylic acids is 1. The molecule has 0 aromatic heterocycles. The summed E-state index contributed by atoms with van der Waals surface area (Å²) in [5.74, 6) is -0.535. The molecular formula is C11H18N2O4S. The molecule has 0 saturated heterocycles. The number of nitrogens with zero attached hydrogens (tertiary/aromatic N) is 1. The van der Waals surface area contributed by atoms with Crippen molar-refractivity contribution in [1.82, 2.24) is 5.32 Å². The van der Waals surface area contributed by atoms with Gasteiger partial charge in [0, 0.05) is 5.75 Å². The summed E-state index contributed by atoms with van der Waals surface area (Å²) in [7, 11) is 0. The van der Waals surface area contributed by atoms with Crippen molar-refractivity contribution in [2.75, 3.05) is 5.75 Å². The van der Waals surface area contributed by atoms with Crippen LogP contribution in [0.3, 0.4) is 0 Å². The van der Waals surface area contributed by atoms with Crippen molar-refractivity contribution in [3.05, 3.63) is 0 Å². The summed E-state index contributed by atoms with van der Waals surface area (Å²) in [6, 6.07) is -1.05. The third kappa shape index (κ3) is 4.56. The molecule has 2 N–H and O–H groups in total. The second-order valence-electron chi connectivity index (χ2n) is 5.00. The summed E-state index contributed by atoms with van der Waals surface area (Å²) in [6.45, 7) is 7.08. The maximum Gasteiger partial charge on any atom is 0.408 e. The van der Waals surface area contributed by atoms with E-state index in [1.807, 2.05) is 0 Å². The number of aliphatic carboxylic acids is 1. The van der Waals surface area contributed by atoms with Crippen LogP contribution in [0.1, 0.15) is 27.7 Å². The zero-order chi connectivity index (χ0) is 13.9. The van der Waals surface area contributed by atoms with E-state index in [2.05, 4.69) is 10.3 Å². The zero-order valence-electron chi connectivity index (χ0n) is 10.9. The summed E-state index contributed by atoms with van der Waals surface area (Å²) in [4.78, 5) is 26.3. The Hall–Kier alpha value is -1.24. The number of nitrogens with one attached hydrogen (secondary N) is 1. The maximum atomic E-state index is 11.5. The average Bonchev–Trinajstić information content (AvgIpc) is 2.62. The average molecular weight is 274 g/mol. The lowest BCUT2D eigenvalue weighted by Crippen LogP contribution is -2.40. The number of amides is 1. The highest BCUT2D eigenvalue weighted by Gasteiger charge is 2.28. The highest BCUT2D eigenvalue weighted by Crippen LogP contribution is 2.20. The van der Waals surface area contributed by atoms with Crippen LogP contribution in [0, 0.1) is 0 Å². The quantitative estimate of drug-likeness (QED) is 0.814. The van der Waals surface area contributed by atoms with Crippen LogP contribution >= 0.6 is 11.8 Å². The van der Waals surface area contributed by atoms with Gasteiger partial charge in [-0.2, -0.15) is 0 Å². The van der Waals surface area contributed by atoms with Crippen LogP contribution in [0.2, 0.25) is 0 Å². The van der Waals surface area contributed by atoms with E-state index in [9.17, 15) is 9.59 Å². The van der Waals surface area contributed by atoms with Gasteiger partial charge in [-0.1, -0.05) is 0 Å². The van der Waals surface area contributed by atoms with Gasteiger partial charge in [0.2, 0.25) is 0 Å². The number of hydrogen-bond acceptors (Lipinski definition) is 5. The monoisotopic (exact) mass is 274 g/mol. The predicted octanol–water partition coefficient (Wildman–Crippen LogP) is 1.50. The van der Waals surface area contributed by atoms with Crippen molar-refractivity contribution < 1.29 is 19.4 Å². The summed E-state index contributed by atoms with van der Waals surface area (Å²) in [5, 5.41) is 12.1. The Balaban J connectivity index is 2.52. The number of hydrogen-bond donors (Lipinski definition) is 2. The highest BCUT2D eigenvalue weighted by atomic mass is 32.2. The molecule has 0 aliphatic carbocycles. The van der Waals surface area contributed by atoms with E-state index < -0.39 is 23.7 Å². The van der Waals surface area contributed by atoms with Crippen molar-refractivity contribution in [3.8, 4) is 0 Å². The van der Waals surface area contributed by atoms with E-state index in [4.69, 9.17) is 9.84 Å². The number of alkyl carbamates (subject to hydrolysis) is 1. The normalized spacial score (nSPS) is 21.1. The lowest BCUT2D eigenvalue weighted by atomic mass is 10.2. The van der Waals surface area contributed by atoms with Gasteiger partial charge in [0.1, 0.15) is 5.60 Å². The zero-order valence-corrected chi connectivity index (χ0v) is 11.7. The largest absolute Gasteiger partial charge is 0.480 e. The van der Waals surface area contributed by atoms with Crippen LogP contribution in [0.25, 0.3) is 0 Å². The maximum absolute atomic E-state index is 11.5. The molecule has 0 fully saturated rings. The van der Waals surface area contributed by atoms with Gasteiger partial charge in [0.25, 0.3) is 0 Å². The molecule has 0 aromatic carbocycles. The van der Waals surface area contributed by atoms with E-state index in [1.165, 1.54) is 11.8 Å². The Kier molecular flexibility index (Phi) is 4.61. The molecule has 0 saturated carbocycles. The first-order valence-corrected chi connectivity index (χ1v) is 6.60. The molecule has 1 aliphatic heterocycles. The van der Waals surface area contributed by atoms with Gasteiger partial charge in [0.05, 0.1) is 11.1 Å². The Morgan fingerprint density at radius 3 is 2.61 bits per heavy atom. The van der Waals surface area contributed by atoms with Crippen LogP contribution in [0.15, 0.2) is 4.99 Å². The van der Waals surface area contributed by atoms with Gasteiger partial charge in [-0.3, -0.25) is 4.99 Å². The van der Waals surface area contributed by atoms with Crippen molar-refractivity contribution in [3.63, 3.8) is 0 Å². The number of carboxylic acid groups (broad SMARTS) is 1. The SMILES string of the molecule is CC(NC(=O)OC(C)(C)C)C1=NC(C(=O)O)CS1. The van der Waals surface area contributed by atoms with Gasteiger partial charge >= 0.3 is 12.1 Å². The fourth-order valence-electron chi connectivity index (χ4n) is 1.30. The van der Waals surface area contributed by atoms with E-state index in [0.29, 0.717) is 10.8 Å². The van der Waals surface area contributed by atoms with Gasteiger partial charge in [0.15, 0.2) is 6.04 Å². The van der Waals surface area contributed by atoms with Crippen molar-refractivity contribution in [1.29, 1.82) is 0 Å². The van der Waals surface area contributed by atoms with Gasteiger partial charge < -0.3 is 15.2 Å². The second-order valence-corrected chi connectivity index (χ2v) is 6.04. The Morgan fingerprint density at radius 1 is 1.56 bits per heavy atom. The Bertz CT molecular complexity index is 376. The molecule has 0 radical (unpaired) electrons. The number of aliphatic imine (C=N–C) groups is 1. The predicted molar refractivity (Wildman–Crippen MR) is 70.1 cm³/mol. The number of carboxylic acids is 1. The molecule has 0 aromatic rings. The summed E-state index contributed by atoms with van der Waals surface area (Å²) < 4.78 is 5.11. The first-order valence-electron chi connectivity index (χ1n) is 5.62. The summed E-state index contributed by atoms with van der Waals surface area (Å²) in [5.41, 5.74) is -0.558. The lowest BCUT2D eigenvalue weighted by molar-refractivity contribution is -0.137. The van der Waals surface area contributed by atoms with Crippen molar-refractivity contribution >= 4 is 28.9 Å². The summed E-state index contributed by atoms with van der Waals surface area (Å²) >= 11 is 1.35. The van der Waals surface area contributed by atoms with Crippen molar-refractivity contribution in [2.24, 2.45) is 4.99 Å². The van der Waals surface area contributed by atoms with Gasteiger partial charge in [-0.25, -0.2) is 9.59 Å². The molecule has 6 nitrogen and oxygen atoms in total. The number of ether oxygens (including phenoxy) is 1. The smallest absolute Gasteiger partial charge is 0.408 e. The molecule has 0 spiro atoms. The van der Waals surface area contributed by atoms with E-state index in [0.717, 1.165) is 0 Å². The highest BCUT2D eigenvalue weighted by molar-refractivity contribution is 8.14. The standard InChI is InChI=1S/C11H18N2O4S/c1-6(12-10(16)17-11(2,3)4)8-13-7(5-18-8)9(14)15/h6-7H,5H2,1-4H3,(H,12,16)(H,14,15). The second kappa shape index (κ2) is 5.60. The molecule has 1 rings (SSSR count). The third-order valence-electron chi connectivity index (χ3n) is 2.06. The molecule has 18 heavy (non-hydrogen) atoms. The molecule has 2 atom stereocenters. The van der Waals surface area contributed by atoms with Crippen LogP contribution in [0.5, 0.6) is 0 Å². The molecule has 102 valence electrons. The minimum Gasteiger partial charge on any atom is -0.480 e. The van der Waals surface area contributed by atoms with Crippen LogP contribution < -0.4 is 5.32 Å². The number of rotatable bonds is 3. The molecule has 7 heteroatoms. The molecular weight excluding hydrogens is 256 g/mol. The fourth-order valence-corrected chi connectivity index (χ4v) is 2.36. The molecule has 1 amide bonds. The Morgan fingerprint density at radius 2 is 2.17 bits per heavy atom. The molecule has 0 bridgehead atoms.